The van der Waals surface area contributed by atoms with Crippen molar-refractivity contribution in [3.8, 4) is 11.3 Å². The Morgan fingerprint density at radius 1 is 1.32 bits per heavy atom. The van der Waals surface area contributed by atoms with Crippen molar-refractivity contribution in [1.29, 1.82) is 0 Å². The molecule has 0 radical (unpaired) electrons. The summed E-state index contributed by atoms with van der Waals surface area (Å²) in [5.74, 6) is 0.599. The van der Waals surface area contributed by atoms with Crippen LogP contribution in [0.2, 0.25) is 0 Å². The zero-order chi connectivity index (χ0) is 17.4. The molecule has 7 heteroatoms. The lowest BCUT2D eigenvalue weighted by Crippen LogP contribution is -2.29. The topological polar surface area (TPSA) is 45.4 Å². The molecule has 0 aliphatic carbocycles. The maximum atomic E-state index is 14.1. The summed E-state index contributed by atoms with van der Waals surface area (Å²) in [5.41, 5.74) is 2.12. The van der Waals surface area contributed by atoms with Crippen LogP contribution < -0.4 is 4.90 Å². The lowest BCUT2D eigenvalue weighted by molar-refractivity contribution is 0.230. The van der Waals surface area contributed by atoms with Crippen LogP contribution in [0.1, 0.15) is 16.2 Å². The largest absolute Gasteiger partial charge is 0.360 e. The number of thiazole rings is 1. The zero-order valence-electron chi connectivity index (χ0n) is 14.2. The number of hydrogen-bond donors (Lipinski definition) is 0. The van der Waals surface area contributed by atoms with Gasteiger partial charge in [-0.2, -0.15) is 0 Å². The molecule has 4 rings (SSSR count). The Morgan fingerprint density at radius 3 is 2.92 bits per heavy atom. The number of benzene rings is 1. The predicted molar refractivity (Wildman–Crippen MR) is 96.2 cm³/mol. The molecule has 1 aliphatic rings. The molecule has 0 saturated carbocycles. The highest BCUT2D eigenvalue weighted by atomic mass is 32.1. The third-order valence-electron chi connectivity index (χ3n) is 4.34. The van der Waals surface area contributed by atoms with Crippen molar-refractivity contribution in [3.05, 3.63) is 52.5 Å². The second-order valence-corrected chi connectivity index (χ2v) is 7.47. The minimum Gasteiger partial charge on any atom is -0.360 e. The van der Waals surface area contributed by atoms with E-state index in [0.29, 0.717) is 17.8 Å². The van der Waals surface area contributed by atoms with E-state index in [1.807, 2.05) is 31.3 Å². The summed E-state index contributed by atoms with van der Waals surface area (Å²) >= 11 is 1.70. The highest BCUT2D eigenvalue weighted by Gasteiger charge is 2.26. The molecule has 0 saturated heterocycles. The Kier molecular flexibility index (Phi) is 4.27. The first-order valence-electron chi connectivity index (χ1n) is 8.18. The van der Waals surface area contributed by atoms with E-state index in [9.17, 15) is 4.39 Å². The summed E-state index contributed by atoms with van der Waals surface area (Å²) in [5, 5.41) is 5.14. The van der Waals surface area contributed by atoms with Crippen LogP contribution in [0, 0.1) is 5.82 Å². The SMILES string of the molecule is CN(C)c1ncc(CN2CCc3onc(-c4ccccc4F)c3C2)s1. The predicted octanol–water partition coefficient (Wildman–Crippen LogP) is 3.56. The molecule has 3 heterocycles. The van der Waals surface area contributed by atoms with Gasteiger partial charge in [0.1, 0.15) is 17.3 Å². The van der Waals surface area contributed by atoms with Crippen molar-refractivity contribution in [2.24, 2.45) is 0 Å². The molecule has 0 unspecified atom stereocenters. The quantitative estimate of drug-likeness (QED) is 0.714. The van der Waals surface area contributed by atoms with E-state index in [-0.39, 0.29) is 5.82 Å². The molecule has 0 N–H and O–H groups in total. The molecule has 25 heavy (non-hydrogen) atoms. The molecular formula is C18H19FN4OS. The van der Waals surface area contributed by atoms with Gasteiger partial charge in [0.25, 0.3) is 0 Å². The first kappa shape index (κ1) is 16.2. The molecule has 0 amide bonds. The van der Waals surface area contributed by atoms with Crippen LogP contribution in [0.5, 0.6) is 0 Å². The second kappa shape index (κ2) is 6.57. The van der Waals surface area contributed by atoms with E-state index in [1.165, 1.54) is 10.9 Å². The maximum Gasteiger partial charge on any atom is 0.185 e. The first-order valence-corrected chi connectivity index (χ1v) is 9.00. The Bertz CT molecular complexity index is 889. The van der Waals surface area contributed by atoms with Crippen LogP contribution in [0.15, 0.2) is 35.0 Å². The van der Waals surface area contributed by atoms with Gasteiger partial charge in [0.2, 0.25) is 0 Å². The molecule has 5 nitrogen and oxygen atoms in total. The van der Waals surface area contributed by atoms with Crippen LogP contribution in [0.25, 0.3) is 11.3 Å². The van der Waals surface area contributed by atoms with Gasteiger partial charge in [0.05, 0.1) is 0 Å². The fourth-order valence-corrected chi connectivity index (χ4v) is 3.94. The minimum absolute atomic E-state index is 0.270. The van der Waals surface area contributed by atoms with Crippen molar-refractivity contribution >= 4 is 16.5 Å². The Balaban J connectivity index is 1.56. The van der Waals surface area contributed by atoms with Gasteiger partial charge in [-0.15, -0.1) is 11.3 Å². The molecule has 0 atom stereocenters. The van der Waals surface area contributed by atoms with Crippen LogP contribution in [0.3, 0.4) is 0 Å². The molecule has 0 fully saturated rings. The van der Waals surface area contributed by atoms with Crippen molar-refractivity contribution < 1.29 is 8.91 Å². The fourth-order valence-electron chi connectivity index (χ4n) is 3.06. The molecule has 1 aliphatic heterocycles. The summed E-state index contributed by atoms with van der Waals surface area (Å²) in [4.78, 5) is 9.99. The van der Waals surface area contributed by atoms with Crippen molar-refractivity contribution in [3.63, 3.8) is 0 Å². The highest BCUT2D eigenvalue weighted by Crippen LogP contribution is 2.32. The smallest absolute Gasteiger partial charge is 0.185 e. The Labute approximate surface area is 149 Å². The molecule has 0 spiro atoms. The average molecular weight is 358 g/mol. The number of aromatic nitrogens is 2. The van der Waals surface area contributed by atoms with Crippen molar-refractivity contribution in [1.82, 2.24) is 15.0 Å². The standard InChI is InChI=1S/C18H19FN4OS/c1-22(2)18-20-9-12(25-18)10-23-8-7-16-14(11-23)17(21-24-16)13-5-3-4-6-15(13)19/h3-6,9H,7-8,10-11H2,1-2H3. The fraction of sp³-hybridized carbons (Fsp3) is 0.333. The van der Waals surface area contributed by atoms with E-state index in [4.69, 9.17) is 4.52 Å². The third-order valence-corrected chi connectivity index (χ3v) is 5.49. The van der Waals surface area contributed by atoms with Gasteiger partial charge < -0.3 is 9.42 Å². The number of rotatable bonds is 4. The summed E-state index contributed by atoms with van der Waals surface area (Å²) in [6.45, 7) is 2.43. The van der Waals surface area contributed by atoms with E-state index in [0.717, 1.165) is 36.0 Å². The molecule has 1 aromatic carbocycles. The van der Waals surface area contributed by atoms with Gasteiger partial charge in [0.15, 0.2) is 5.13 Å². The monoisotopic (exact) mass is 358 g/mol. The molecular weight excluding hydrogens is 339 g/mol. The van der Waals surface area contributed by atoms with E-state index >= 15 is 0 Å². The van der Waals surface area contributed by atoms with E-state index < -0.39 is 0 Å². The molecule has 130 valence electrons. The van der Waals surface area contributed by atoms with Crippen LogP contribution >= 0.6 is 11.3 Å². The Hall–Kier alpha value is -2.25. The summed E-state index contributed by atoms with van der Waals surface area (Å²) in [6.07, 6.45) is 2.72. The van der Waals surface area contributed by atoms with Gasteiger partial charge in [-0.25, -0.2) is 9.37 Å². The van der Waals surface area contributed by atoms with Gasteiger partial charge in [0, 0.05) is 62.4 Å². The van der Waals surface area contributed by atoms with Crippen molar-refractivity contribution in [2.75, 3.05) is 25.5 Å². The summed E-state index contributed by atoms with van der Waals surface area (Å²) in [7, 11) is 3.99. The van der Waals surface area contributed by atoms with Gasteiger partial charge in [-0.1, -0.05) is 17.3 Å². The Morgan fingerprint density at radius 2 is 2.16 bits per heavy atom. The number of nitrogens with zero attached hydrogens (tertiary/aromatic N) is 4. The van der Waals surface area contributed by atoms with Crippen LogP contribution in [-0.2, 0) is 19.5 Å². The highest BCUT2D eigenvalue weighted by molar-refractivity contribution is 7.15. The lowest BCUT2D eigenvalue weighted by atomic mass is 10.0. The number of halogens is 1. The normalized spacial score (nSPS) is 14.5. The minimum atomic E-state index is -0.270. The number of fused-ring (bicyclic) bond motifs is 1. The maximum absolute atomic E-state index is 14.1. The average Bonchev–Trinajstić information content (AvgIpc) is 3.22. The lowest BCUT2D eigenvalue weighted by Gasteiger charge is -2.25. The van der Waals surface area contributed by atoms with Gasteiger partial charge in [-0.3, -0.25) is 4.90 Å². The summed E-state index contributed by atoms with van der Waals surface area (Å²) in [6, 6.07) is 6.71. The molecule has 3 aromatic rings. The van der Waals surface area contributed by atoms with E-state index in [1.54, 1.807) is 23.5 Å². The number of hydrogen-bond acceptors (Lipinski definition) is 6. The molecule has 2 aromatic heterocycles. The van der Waals surface area contributed by atoms with Crippen LogP contribution in [-0.4, -0.2) is 35.7 Å². The second-order valence-electron chi connectivity index (χ2n) is 6.38. The van der Waals surface area contributed by atoms with Gasteiger partial charge in [-0.05, 0) is 12.1 Å². The molecule has 0 bridgehead atoms. The van der Waals surface area contributed by atoms with Gasteiger partial charge >= 0.3 is 0 Å². The third kappa shape index (κ3) is 3.17. The first-order chi connectivity index (χ1) is 12.1. The zero-order valence-corrected chi connectivity index (χ0v) is 15.0. The van der Waals surface area contributed by atoms with Crippen molar-refractivity contribution in [2.45, 2.75) is 19.5 Å². The number of anilines is 1. The van der Waals surface area contributed by atoms with Crippen LogP contribution in [0.4, 0.5) is 9.52 Å². The summed E-state index contributed by atoms with van der Waals surface area (Å²) < 4.78 is 19.6. The van der Waals surface area contributed by atoms with E-state index in [2.05, 4.69) is 15.0 Å².